The Morgan fingerprint density at radius 3 is 2.17 bits per heavy atom. The molecule has 0 radical (unpaired) electrons. The fourth-order valence-corrected chi connectivity index (χ4v) is 1.82. The first-order valence-corrected chi connectivity index (χ1v) is 4.84. The predicted molar refractivity (Wildman–Crippen MR) is 49.1 cm³/mol. The minimum Gasteiger partial charge on any atom is -0.390 e. The SMILES string of the molecule is CCC1(C)CC(O)C(C)(CC)O1. The van der Waals surface area contributed by atoms with Crippen molar-refractivity contribution in [1.29, 1.82) is 0 Å². The van der Waals surface area contributed by atoms with Gasteiger partial charge in [0, 0.05) is 6.42 Å². The number of rotatable bonds is 2. The molecular formula is C10H20O2. The fourth-order valence-electron chi connectivity index (χ4n) is 1.82. The van der Waals surface area contributed by atoms with Crippen molar-refractivity contribution in [3.05, 3.63) is 0 Å². The van der Waals surface area contributed by atoms with Crippen molar-refractivity contribution in [3.63, 3.8) is 0 Å². The van der Waals surface area contributed by atoms with E-state index in [1.165, 1.54) is 0 Å². The van der Waals surface area contributed by atoms with Gasteiger partial charge < -0.3 is 9.84 Å². The highest BCUT2D eigenvalue weighted by Gasteiger charge is 2.48. The maximum absolute atomic E-state index is 9.79. The summed E-state index contributed by atoms with van der Waals surface area (Å²) in [6, 6.07) is 0. The Morgan fingerprint density at radius 2 is 1.92 bits per heavy atom. The summed E-state index contributed by atoms with van der Waals surface area (Å²) >= 11 is 0. The van der Waals surface area contributed by atoms with Crippen LogP contribution < -0.4 is 0 Å². The van der Waals surface area contributed by atoms with Gasteiger partial charge in [-0.2, -0.15) is 0 Å². The van der Waals surface area contributed by atoms with Crippen molar-refractivity contribution < 1.29 is 9.84 Å². The molecule has 3 atom stereocenters. The minimum atomic E-state index is -0.315. The van der Waals surface area contributed by atoms with Gasteiger partial charge in [0.05, 0.1) is 17.3 Å². The normalized spacial score (nSPS) is 48.2. The summed E-state index contributed by atoms with van der Waals surface area (Å²) in [4.78, 5) is 0. The molecule has 0 bridgehead atoms. The van der Waals surface area contributed by atoms with Gasteiger partial charge in [0.1, 0.15) is 0 Å². The second-order valence-electron chi connectivity index (χ2n) is 4.29. The molecule has 2 nitrogen and oxygen atoms in total. The van der Waals surface area contributed by atoms with E-state index in [9.17, 15) is 5.11 Å². The Morgan fingerprint density at radius 1 is 1.33 bits per heavy atom. The molecule has 1 saturated heterocycles. The molecule has 0 saturated carbocycles. The van der Waals surface area contributed by atoms with E-state index in [0.29, 0.717) is 0 Å². The number of hydrogen-bond donors (Lipinski definition) is 1. The van der Waals surface area contributed by atoms with Crippen LogP contribution in [0.5, 0.6) is 0 Å². The standard InChI is InChI=1S/C10H20O2/c1-5-9(3)7-8(11)10(4,6-2)12-9/h8,11H,5-7H2,1-4H3. The van der Waals surface area contributed by atoms with Crippen LogP contribution in [0.2, 0.25) is 0 Å². The van der Waals surface area contributed by atoms with Crippen LogP contribution >= 0.6 is 0 Å². The zero-order valence-corrected chi connectivity index (χ0v) is 8.55. The van der Waals surface area contributed by atoms with Crippen molar-refractivity contribution in [2.75, 3.05) is 0 Å². The summed E-state index contributed by atoms with van der Waals surface area (Å²) in [5.74, 6) is 0. The number of aliphatic hydroxyl groups is 1. The molecular weight excluding hydrogens is 152 g/mol. The highest BCUT2D eigenvalue weighted by atomic mass is 16.5. The molecule has 0 aromatic heterocycles. The van der Waals surface area contributed by atoms with Gasteiger partial charge in [-0.25, -0.2) is 0 Å². The van der Waals surface area contributed by atoms with Gasteiger partial charge in [-0.1, -0.05) is 13.8 Å². The van der Waals surface area contributed by atoms with Crippen molar-refractivity contribution in [2.45, 2.75) is 64.3 Å². The van der Waals surface area contributed by atoms with Gasteiger partial charge in [-0.05, 0) is 26.7 Å². The Bertz CT molecular complexity index is 169. The summed E-state index contributed by atoms with van der Waals surface area (Å²) in [6.45, 7) is 8.24. The third-order valence-corrected chi connectivity index (χ3v) is 3.26. The molecule has 0 aromatic rings. The van der Waals surface area contributed by atoms with Crippen LogP contribution in [0.25, 0.3) is 0 Å². The predicted octanol–water partition coefficient (Wildman–Crippen LogP) is 2.10. The molecule has 0 aliphatic carbocycles. The smallest absolute Gasteiger partial charge is 0.0918 e. The lowest BCUT2D eigenvalue weighted by molar-refractivity contribution is -0.110. The van der Waals surface area contributed by atoms with Crippen molar-refractivity contribution >= 4 is 0 Å². The highest BCUT2D eigenvalue weighted by molar-refractivity contribution is 4.97. The van der Waals surface area contributed by atoms with E-state index in [4.69, 9.17) is 4.74 Å². The zero-order valence-electron chi connectivity index (χ0n) is 8.55. The quantitative estimate of drug-likeness (QED) is 0.691. The Hall–Kier alpha value is -0.0800. The lowest BCUT2D eigenvalue weighted by Gasteiger charge is -2.29. The molecule has 1 fully saturated rings. The molecule has 0 aromatic carbocycles. The van der Waals surface area contributed by atoms with Crippen LogP contribution in [0.4, 0.5) is 0 Å². The third-order valence-electron chi connectivity index (χ3n) is 3.26. The molecule has 72 valence electrons. The van der Waals surface area contributed by atoms with Crippen LogP contribution in [-0.2, 0) is 4.74 Å². The van der Waals surface area contributed by atoms with E-state index in [0.717, 1.165) is 19.3 Å². The van der Waals surface area contributed by atoms with Gasteiger partial charge in [0.25, 0.3) is 0 Å². The molecule has 12 heavy (non-hydrogen) atoms. The summed E-state index contributed by atoms with van der Waals surface area (Å²) < 4.78 is 5.90. The van der Waals surface area contributed by atoms with E-state index in [-0.39, 0.29) is 17.3 Å². The van der Waals surface area contributed by atoms with Crippen molar-refractivity contribution in [3.8, 4) is 0 Å². The van der Waals surface area contributed by atoms with Gasteiger partial charge in [0.15, 0.2) is 0 Å². The molecule has 1 aliphatic heterocycles. The minimum absolute atomic E-state index is 0.107. The summed E-state index contributed by atoms with van der Waals surface area (Å²) in [6.07, 6.45) is 2.32. The third kappa shape index (κ3) is 1.50. The maximum atomic E-state index is 9.79. The molecule has 1 N–H and O–H groups in total. The number of ether oxygens (including phenoxy) is 1. The highest BCUT2D eigenvalue weighted by Crippen LogP contribution is 2.41. The molecule has 1 rings (SSSR count). The van der Waals surface area contributed by atoms with Crippen LogP contribution in [-0.4, -0.2) is 22.4 Å². The summed E-state index contributed by atoms with van der Waals surface area (Å²) in [7, 11) is 0. The second-order valence-corrected chi connectivity index (χ2v) is 4.29. The van der Waals surface area contributed by atoms with Crippen LogP contribution in [0.15, 0.2) is 0 Å². The number of aliphatic hydroxyl groups excluding tert-OH is 1. The monoisotopic (exact) mass is 172 g/mol. The van der Waals surface area contributed by atoms with Gasteiger partial charge in [-0.15, -0.1) is 0 Å². The lowest BCUT2D eigenvalue weighted by Crippen LogP contribution is -2.35. The molecule has 1 heterocycles. The molecule has 0 spiro atoms. The molecule has 3 unspecified atom stereocenters. The molecule has 0 amide bonds. The van der Waals surface area contributed by atoms with Gasteiger partial charge in [0.2, 0.25) is 0 Å². The zero-order chi connectivity index (χ0) is 9.41. The Labute approximate surface area is 74.9 Å². The summed E-state index contributed by atoms with van der Waals surface area (Å²) in [5.41, 5.74) is -0.422. The first-order chi connectivity index (χ1) is 5.46. The first-order valence-electron chi connectivity index (χ1n) is 4.84. The van der Waals surface area contributed by atoms with E-state index >= 15 is 0 Å². The van der Waals surface area contributed by atoms with Crippen LogP contribution in [0, 0.1) is 0 Å². The van der Waals surface area contributed by atoms with E-state index in [1.54, 1.807) is 0 Å². The van der Waals surface area contributed by atoms with E-state index in [2.05, 4.69) is 20.8 Å². The van der Waals surface area contributed by atoms with Crippen molar-refractivity contribution in [2.24, 2.45) is 0 Å². The van der Waals surface area contributed by atoms with E-state index in [1.807, 2.05) is 6.92 Å². The second kappa shape index (κ2) is 3.00. The van der Waals surface area contributed by atoms with Crippen LogP contribution in [0.1, 0.15) is 47.0 Å². The average Bonchev–Trinajstić information content (AvgIpc) is 2.25. The van der Waals surface area contributed by atoms with Crippen molar-refractivity contribution in [1.82, 2.24) is 0 Å². The number of hydrogen-bond acceptors (Lipinski definition) is 2. The first kappa shape index (κ1) is 10.0. The molecule has 1 aliphatic rings. The maximum Gasteiger partial charge on any atom is 0.0918 e. The van der Waals surface area contributed by atoms with Gasteiger partial charge in [-0.3, -0.25) is 0 Å². The average molecular weight is 172 g/mol. The topological polar surface area (TPSA) is 29.5 Å². The summed E-state index contributed by atoms with van der Waals surface area (Å²) in [5, 5.41) is 9.79. The molecule has 2 heteroatoms. The Balaban J connectivity index is 2.74. The lowest BCUT2D eigenvalue weighted by atomic mass is 9.92. The van der Waals surface area contributed by atoms with Crippen LogP contribution in [0.3, 0.4) is 0 Å². The largest absolute Gasteiger partial charge is 0.390 e. The fraction of sp³-hybridized carbons (Fsp3) is 1.00. The van der Waals surface area contributed by atoms with E-state index < -0.39 is 0 Å². The van der Waals surface area contributed by atoms with Gasteiger partial charge >= 0.3 is 0 Å². The Kier molecular flexibility index (Phi) is 2.50.